The number of thioether (sulfide) groups is 1. The molecule has 0 aromatic rings. The Morgan fingerprint density at radius 2 is 2.50 bits per heavy atom. The van der Waals surface area contributed by atoms with Crippen molar-refractivity contribution in [3.8, 4) is 0 Å². The Hall–Kier alpha value is -0.520. The van der Waals surface area contributed by atoms with Crippen molar-refractivity contribution in [3.63, 3.8) is 0 Å². The Balaban J connectivity index is 2.68. The van der Waals surface area contributed by atoms with E-state index in [-0.39, 0.29) is 0 Å². The second-order valence-electron chi connectivity index (χ2n) is 1.44. The van der Waals surface area contributed by atoms with E-state index in [1.807, 2.05) is 24.3 Å². The average Bonchev–Trinajstić information content (AvgIpc) is 1.90. The third-order valence-corrected chi connectivity index (χ3v) is 1.67. The van der Waals surface area contributed by atoms with Gasteiger partial charge in [-0.05, 0) is 6.26 Å². The van der Waals surface area contributed by atoms with Gasteiger partial charge in [-0.2, -0.15) is 0 Å². The number of allylic oxidation sites excluding steroid dienone is 5. The van der Waals surface area contributed by atoms with Crippen LogP contribution in [0.4, 0.5) is 0 Å². The van der Waals surface area contributed by atoms with Crippen LogP contribution in [0, 0.1) is 6.08 Å². The molecule has 0 heterocycles. The van der Waals surface area contributed by atoms with Crippen molar-refractivity contribution in [1.29, 1.82) is 0 Å². The van der Waals surface area contributed by atoms with Gasteiger partial charge in [0.25, 0.3) is 0 Å². The fourth-order valence-electron chi connectivity index (χ4n) is 0.508. The molecule has 0 saturated carbocycles. The highest BCUT2D eigenvalue weighted by atomic mass is 32.2. The minimum atomic E-state index is 1.30. The normalized spacial score (nSPS) is 15.4. The molecule has 8 heavy (non-hydrogen) atoms. The Morgan fingerprint density at radius 1 is 1.62 bits per heavy atom. The summed E-state index contributed by atoms with van der Waals surface area (Å²) < 4.78 is 0. The lowest BCUT2D eigenvalue weighted by Crippen LogP contribution is -1.70. The molecule has 1 aliphatic rings. The molecule has 0 bridgehead atoms. The predicted octanol–water partition coefficient (Wildman–Crippen LogP) is 2.16. The molecule has 1 rings (SSSR count). The molecule has 0 N–H and O–H groups in total. The highest BCUT2D eigenvalue weighted by molar-refractivity contribution is 8.02. The number of hydrogen-bond acceptors (Lipinski definition) is 1. The van der Waals surface area contributed by atoms with Crippen molar-refractivity contribution >= 4 is 11.8 Å². The van der Waals surface area contributed by atoms with Crippen LogP contribution in [-0.2, 0) is 0 Å². The van der Waals surface area contributed by atoms with Crippen molar-refractivity contribution in [1.82, 2.24) is 0 Å². The zero-order chi connectivity index (χ0) is 5.82. The summed E-state index contributed by atoms with van der Waals surface area (Å²) in [4.78, 5) is 1.30. The smallest absolute Gasteiger partial charge is 0.101 e. The zero-order valence-electron chi connectivity index (χ0n) is 4.72. The highest BCUT2D eigenvalue weighted by Crippen LogP contribution is 2.14. The van der Waals surface area contributed by atoms with Crippen LogP contribution >= 0.6 is 11.8 Å². The maximum Gasteiger partial charge on any atom is 0.118 e. The lowest BCUT2D eigenvalue weighted by Gasteiger charge is -1.85. The maximum absolute atomic E-state index is 2.95. The van der Waals surface area contributed by atoms with Crippen LogP contribution < -0.4 is 0 Å². The first kappa shape index (κ1) is 5.61. The highest BCUT2D eigenvalue weighted by Gasteiger charge is 1.96. The summed E-state index contributed by atoms with van der Waals surface area (Å²) in [6.45, 7) is 0. The fraction of sp³-hybridized carbons (Fsp3) is 0.143. The average molecular weight is 123 g/mol. The van der Waals surface area contributed by atoms with Gasteiger partial charge in [0.1, 0.15) is 17.1 Å². The molecular weight excluding hydrogens is 116 g/mol. The minimum absolute atomic E-state index is 1.30. The zero-order valence-corrected chi connectivity index (χ0v) is 5.53. The Kier molecular flexibility index (Phi) is 1.90. The largest absolute Gasteiger partial charge is 0.118 e. The van der Waals surface area contributed by atoms with Gasteiger partial charge in [-0.1, -0.05) is 0 Å². The van der Waals surface area contributed by atoms with Crippen molar-refractivity contribution in [2.75, 3.05) is 6.26 Å². The van der Waals surface area contributed by atoms with Crippen molar-refractivity contribution in [2.45, 2.75) is 0 Å². The molecule has 0 aromatic heterocycles. The van der Waals surface area contributed by atoms with Crippen LogP contribution in [0.25, 0.3) is 0 Å². The van der Waals surface area contributed by atoms with Gasteiger partial charge in [0, 0.05) is 6.08 Å². The van der Waals surface area contributed by atoms with E-state index in [1.54, 1.807) is 11.8 Å². The van der Waals surface area contributed by atoms with Gasteiger partial charge in [-0.25, -0.2) is 0 Å². The fourth-order valence-corrected chi connectivity index (χ4v) is 0.916. The molecular formula is C7H7S+. The summed E-state index contributed by atoms with van der Waals surface area (Å²) in [5, 5.41) is 0. The van der Waals surface area contributed by atoms with Gasteiger partial charge in [0.2, 0.25) is 0 Å². The quantitative estimate of drug-likeness (QED) is 0.481. The Morgan fingerprint density at radius 3 is 2.88 bits per heavy atom. The summed E-state index contributed by atoms with van der Waals surface area (Å²) in [6, 6.07) is 0. The van der Waals surface area contributed by atoms with E-state index >= 15 is 0 Å². The summed E-state index contributed by atoms with van der Waals surface area (Å²) in [5.74, 6) is 0. The molecule has 0 aliphatic heterocycles. The maximum atomic E-state index is 2.95. The molecule has 0 nitrogen and oxygen atoms in total. The van der Waals surface area contributed by atoms with Gasteiger partial charge >= 0.3 is 0 Å². The lowest BCUT2D eigenvalue weighted by atomic mass is 10.3. The van der Waals surface area contributed by atoms with E-state index in [4.69, 9.17) is 0 Å². The van der Waals surface area contributed by atoms with Gasteiger partial charge in [-0.15, -0.1) is 11.8 Å². The predicted molar refractivity (Wildman–Crippen MR) is 38.6 cm³/mol. The molecule has 0 fully saturated rings. The minimum Gasteiger partial charge on any atom is -0.101 e. The number of hydrogen-bond donors (Lipinski definition) is 0. The molecule has 1 aliphatic carbocycles. The van der Waals surface area contributed by atoms with E-state index in [0.29, 0.717) is 0 Å². The van der Waals surface area contributed by atoms with Crippen molar-refractivity contribution in [3.05, 3.63) is 35.3 Å². The molecule has 0 aromatic carbocycles. The molecule has 0 radical (unpaired) electrons. The second-order valence-corrected chi connectivity index (χ2v) is 2.32. The third-order valence-electron chi connectivity index (χ3n) is 0.923. The van der Waals surface area contributed by atoms with Crippen LogP contribution in [0.5, 0.6) is 0 Å². The van der Waals surface area contributed by atoms with Crippen molar-refractivity contribution in [2.24, 2.45) is 0 Å². The molecule has 40 valence electrons. The molecule has 0 unspecified atom stereocenters. The summed E-state index contributed by atoms with van der Waals surface area (Å²) >= 11 is 1.75. The first-order valence-corrected chi connectivity index (χ1v) is 3.66. The molecule has 0 spiro atoms. The van der Waals surface area contributed by atoms with E-state index < -0.39 is 0 Å². The first-order chi connectivity index (χ1) is 3.93. The van der Waals surface area contributed by atoms with Gasteiger partial charge in [0.15, 0.2) is 0 Å². The Labute approximate surface area is 54.0 Å². The summed E-state index contributed by atoms with van der Waals surface area (Å²) in [5.41, 5.74) is 0. The topological polar surface area (TPSA) is 0 Å². The van der Waals surface area contributed by atoms with E-state index in [0.717, 1.165) is 0 Å². The summed E-state index contributed by atoms with van der Waals surface area (Å²) in [6.07, 6.45) is 13.0. The Bertz CT molecular complexity index is 152. The van der Waals surface area contributed by atoms with E-state index in [9.17, 15) is 0 Å². The van der Waals surface area contributed by atoms with E-state index in [1.165, 1.54) is 4.91 Å². The van der Waals surface area contributed by atoms with Gasteiger partial charge in [-0.3, -0.25) is 0 Å². The molecule has 0 amide bonds. The standard InChI is InChI=1S/C7H7S/c1-8-7-5-3-2-4-6-7/h3-6H,1H3/q+1. The van der Waals surface area contributed by atoms with Crippen LogP contribution in [0.1, 0.15) is 0 Å². The van der Waals surface area contributed by atoms with Crippen LogP contribution in [0.2, 0.25) is 0 Å². The van der Waals surface area contributed by atoms with Gasteiger partial charge in [0.05, 0.1) is 12.2 Å². The monoisotopic (exact) mass is 123 g/mol. The second kappa shape index (κ2) is 2.71. The molecule has 0 atom stereocenters. The lowest BCUT2D eigenvalue weighted by molar-refractivity contribution is 1.72. The van der Waals surface area contributed by atoms with Crippen LogP contribution in [-0.4, -0.2) is 6.26 Å². The SMILES string of the molecule is CSC1=CC=[C+]C=C1. The third kappa shape index (κ3) is 1.22. The summed E-state index contributed by atoms with van der Waals surface area (Å²) in [7, 11) is 0. The van der Waals surface area contributed by atoms with Crippen LogP contribution in [0.3, 0.4) is 0 Å². The number of rotatable bonds is 1. The molecule has 1 heteroatoms. The van der Waals surface area contributed by atoms with Gasteiger partial charge < -0.3 is 0 Å². The first-order valence-electron chi connectivity index (χ1n) is 2.43. The molecule has 0 saturated heterocycles. The van der Waals surface area contributed by atoms with Crippen molar-refractivity contribution < 1.29 is 0 Å². The van der Waals surface area contributed by atoms with Crippen LogP contribution in [0.15, 0.2) is 29.2 Å². The van der Waals surface area contributed by atoms with E-state index in [2.05, 4.69) is 12.3 Å².